The standard InChI is InChI=1S/C11H6BrClN2O/c12-7-1-2-8(13)5-3-9-6(4-14-15-9)11(16)10(5)7/h1-2,4H,3H2,(H,14,15). The number of aromatic nitrogens is 2. The molecular weight excluding hydrogens is 291 g/mol. The van der Waals surface area contributed by atoms with Crippen LogP contribution in [-0.4, -0.2) is 16.0 Å². The number of carbonyl (C=O) groups is 1. The Balaban J connectivity index is 2.32. The van der Waals surface area contributed by atoms with E-state index in [2.05, 4.69) is 26.1 Å². The van der Waals surface area contributed by atoms with Gasteiger partial charge in [-0.15, -0.1) is 0 Å². The van der Waals surface area contributed by atoms with Crippen molar-refractivity contribution in [2.24, 2.45) is 0 Å². The highest BCUT2D eigenvalue weighted by atomic mass is 79.9. The summed E-state index contributed by atoms with van der Waals surface area (Å²) in [5, 5.41) is 7.34. The molecule has 3 rings (SSSR count). The van der Waals surface area contributed by atoms with Gasteiger partial charge in [-0.25, -0.2) is 0 Å². The van der Waals surface area contributed by atoms with Crippen molar-refractivity contribution in [1.82, 2.24) is 10.2 Å². The second-order valence-electron chi connectivity index (χ2n) is 3.65. The number of fused-ring (bicyclic) bond motifs is 2. The summed E-state index contributed by atoms with van der Waals surface area (Å²) in [6, 6.07) is 3.59. The fourth-order valence-corrected chi connectivity index (χ4v) is 2.74. The summed E-state index contributed by atoms with van der Waals surface area (Å²) in [5.74, 6) is -0.0284. The monoisotopic (exact) mass is 296 g/mol. The molecule has 2 aromatic rings. The molecule has 1 aliphatic carbocycles. The lowest BCUT2D eigenvalue weighted by Gasteiger charge is -2.17. The lowest BCUT2D eigenvalue weighted by Crippen LogP contribution is -2.15. The highest BCUT2D eigenvalue weighted by molar-refractivity contribution is 9.10. The molecule has 0 fully saturated rings. The van der Waals surface area contributed by atoms with Crippen molar-refractivity contribution in [3.63, 3.8) is 0 Å². The zero-order valence-electron chi connectivity index (χ0n) is 8.05. The van der Waals surface area contributed by atoms with Crippen LogP contribution < -0.4 is 0 Å². The summed E-state index contributed by atoms with van der Waals surface area (Å²) in [7, 11) is 0. The van der Waals surface area contributed by atoms with E-state index in [4.69, 9.17) is 11.6 Å². The Bertz CT molecular complexity index is 606. The number of nitrogens with one attached hydrogen (secondary N) is 1. The average molecular weight is 298 g/mol. The van der Waals surface area contributed by atoms with E-state index in [9.17, 15) is 4.79 Å². The molecule has 0 bridgehead atoms. The fourth-order valence-electron chi connectivity index (χ4n) is 1.97. The number of aromatic amines is 1. The Morgan fingerprint density at radius 1 is 1.44 bits per heavy atom. The highest BCUT2D eigenvalue weighted by Crippen LogP contribution is 2.35. The van der Waals surface area contributed by atoms with Gasteiger partial charge in [-0.05, 0) is 17.7 Å². The normalized spacial score (nSPS) is 13.5. The fraction of sp³-hybridized carbons (Fsp3) is 0.0909. The minimum absolute atomic E-state index is 0.0284. The predicted molar refractivity (Wildman–Crippen MR) is 64.0 cm³/mol. The number of carbonyl (C=O) groups excluding carboxylic acids is 1. The number of halogens is 2. The SMILES string of the molecule is O=C1c2cn[nH]c2Cc2c(Cl)ccc(Br)c21. The molecule has 0 aliphatic heterocycles. The van der Waals surface area contributed by atoms with E-state index < -0.39 is 0 Å². The number of hydrogen-bond acceptors (Lipinski definition) is 2. The molecule has 0 spiro atoms. The van der Waals surface area contributed by atoms with Crippen LogP contribution in [0.3, 0.4) is 0 Å². The van der Waals surface area contributed by atoms with Crippen molar-refractivity contribution in [3.8, 4) is 0 Å². The van der Waals surface area contributed by atoms with Gasteiger partial charge in [-0.1, -0.05) is 27.5 Å². The number of benzene rings is 1. The maximum absolute atomic E-state index is 12.2. The van der Waals surface area contributed by atoms with Crippen molar-refractivity contribution in [1.29, 1.82) is 0 Å². The summed E-state index contributed by atoms with van der Waals surface area (Å²) in [4.78, 5) is 12.2. The van der Waals surface area contributed by atoms with Gasteiger partial charge < -0.3 is 0 Å². The van der Waals surface area contributed by atoms with E-state index in [-0.39, 0.29) is 5.78 Å². The molecule has 16 heavy (non-hydrogen) atoms. The van der Waals surface area contributed by atoms with E-state index >= 15 is 0 Å². The van der Waals surface area contributed by atoms with Gasteiger partial charge in [-0.2, -0.15) is 5.10 Å². The lowest BCUT2D eigenvalue weighted by atomic mass is 9.89. The molecule has 0 atom stereocenters. The summed E-state index contributed by atoms with van der Waals surface area (Å²) in [5.41, 5.74) is 2.98. The molecule has 1 heterocycles. The highest BCUT2D eigenvalue weighted by Gasteiger charge is 2.28. The number of hydrogen-bond donors (Lipinski definition) is 1. The summed E-state index contributed by atoms with van der Waals surface area (Å²) in [6.07, 6.45) is 2.18. The quantitative estimate of drug-likeness (QED) is 0.693. The van der Waals surface area contributed by atoms with Crippen molar-refractivity contribution < 1.29 is 4.79 Å². The van der Waals surface area contributed by atoms with Crippen LogP contribution in [0.1, 0.15) is 27.2 Å². The first-order valence-corrected chi connectivity index (χ1v) is 5.89. The first-order valence-electron chi connectivity index (χ1n) is 4.72. The van der Waals surface area contributed by atoms with Crippen molar-refractivity contribution in [2.75, 3.05) is 0 Å². The van der Waals surface area contributed by atoms with Crippen molar-refractivity contribution >= 4 is 33.3 Å². The molecule has 3 nitrogen and oxygen atoms in total. The summed E-state index contributed by atoms with van der Waals surface area (Å²) in [6.45, 7) is 0. The average Bonchev–Trinajstić information content (AvgIpc) is 2.72. The van der Waals surface area contributed by atoms with Gasteiger partial charge in [0.1, 0.15) is 0 Å². The topological polar surface area (TPSA) is 45.8 Å². The van der Waals surface area contributed by atoms with Crippen LogP contribution in [0.5, 0.6) is 0 Å². The predicted octanol–water partition coefficient (Wildman–Crippen LogP) is 2.96. The Labute approximate surface area is 105 Å². The van der Waals surface area contributed by atoms with Crippen LogP contribution in [0.4, 0.5) is 0 Å². The molecule has 1 N–H and O–H groups in total. The molecule has 0 unspecified atom stereocenters. The van der Waals surface area contributed by atoms with Gasteiger partial charge in [0.05, 0.1) is 17.5 Å². The van der Waals surface area contributed by atoms with Gasteiger partial charge in [0.15, 0.2) is 5.78 Å². The number of ketones is 1. The first-order chi connectivity index (χ1) is 7.68. The third kappa shape index (κ3) is 1.26. The molecule has 0 amide bonds. The van der Waals surface area contributed by atoms with E-state index in [1.807, 2.05) is 0 Å². The number of rotatable bonds is 0. The van der Waals surface area contributed by atoms with Crippen LogP contribution in [0.2, 0.25) is 5.02 Å². The maximum Gasteiger partial charge on any atom is 0.197 e. The molecule has 1 aromatic heterocycles. The molecule has 5 heteroatoms. The van der Waals surface area contributed by atoms with E-state index in [0.717, 1.165) is 15.7 Å². The van der Waals surface area contributed by atoms with Crippen LogP contribution in [0.25, 0.3) is 0 Å². The van der Waals surface area contributed by atoms with Gasteiger partial charge in [0.2, 0.25) is 0 Å². The van der Waals surface area contributed by atoms with E-state index in [0.29, 0.717) is 22.6 Å². The Kier molecular flexibility index (Phi) is 2.16. The Morgan fingerprint density at radius 2 is 2.25 bits per heavy atom. The van der Waals surface area contributed by atoms with Crippen molar-refractivity contribution in [2.45, 2.75) is 6.42 Å². The number of nitrogens with zero attached hydrogens (tertiary/aromatic N) is 1. The summed E-state index contributed by atoms with van der Waals surface area (Å²) < 4.78 is 0.781. The second kappa shape index (κ2) is 3.43. The maximum atomic E-state index is 12.2. The van der Waals surface area contributed by atoms with Gasteiger partial charge in [-0.3, -0.25) is 9.89 Å². The van der Waals surface area contributed by atoms with Gasteiger partial charge in [0.25, 0.3) is 0 Å². The zero-order chi connectivity index (χ0) is 11.3. The minimum Gasteiger partial charge on any atom is -0.288 e. The molecular formula is C11H6BrClN2O. The third-order valence-corrected chi connectivity index (χ3v) is 3.76. The minimum atomic E-state index is -0.0284. The summed E-state index contributed by atoms with van der Waals surface area (Å²) >= 11 is 9.49. The van der Waals surface area contributed by atoms with Gasteiger partial charge >= 0.3 is 0 Å². The second-order valence-corrected chi connectivity index (χ2v) is 4.91. The smallest absolute Gasteiger partial charge is 0.197 e. The van der Waals surface area contributed by atoms with E-state index in [1.54, 1.807) is 18.3 Å². The molecule has 1 aliphatic rings. The number of H-pyrrole nitrogens is 1. The largest absolute Gasteiger partial charge is 0.288 e. The zero-order valence-corrected chi connectivity index (χ0v) is 10.4. The van der Waals surface area contributed by atoms with Crippen LogP contribution in [0.15, 0.2) is 22.8 Å². The van der Waals surface area contributed by atoms with Crippen LogP contribution >= 0.6 is 27.5 Å². The molecule has 0 saturated carbocycles. The van der Waals surface area contributed by atoms with Crippen LogP contribution in [0, 0.1) is 0 Å². The molecule has 80 valence electrons. The van der Waals surface area contributed by atoms with E-state index in [1.165, 1.54) is 0 Å². The molecule has 1 aromatic carbocycles. The van der Waals surface area contributed by atoms with Gasteiger partial charge in [0, 0.05) is 21.5 Å². The van der Waals surface area contributed by atoms with Crippen molar-refractivity contribution in [3.05, 3.63) is 50.2 Å². The van der Waals surface area contributed by atoms with Crippen LogP contribution in [-0.2, 0) is 6.42 Å². The first kappa shape index (κ1) is 10.1. The molecule has 0 radical (unpaired) electrons. The Morgan fingerprint density at radius 3 is 3.06 bits per heavy atom. The lowest BCUT2D eigenvalue weighted by molar-refractivity contribution is 0.103. The Hall–Kier alpha value is -1.13. The third-order valence-electron chi connectivity index (χ3n) is 2.75. The molecule has 0 saturated heterocycles.